The van der Waals surface area contributed by atoms with Gasteiger partial charge in [0, 0.05) is 44.3 Å². The first-order valence-electron chi connectivity index (χ1n) is 9.41. The van der Waals surface area contributed by atoms with Crippen molar-refractivity contribution >= 4 is 40.9 Å². The van der Waals surface area contributed by atoms with Gasteiger partial charge in [-0.25, -0.2) is 4.79 Å². The molecule has 2 N–H and O–H groups in total. The highest BCUT2D eigenvalue weighted by molar-refractivity contribution is 6.31. The average molecular weight is 438 g/mol. The number of benzene rings is 1. The average Bonchev–Trinajstić information content (AvgIpc) is 3.06. The van der Waals surface area contributed by atoms with Gasteiger partial charge in [0.2, 0.25) is 0 Å². The SMILES string of the molecule is Cl.Cn1c(=O)c2c(cc(N3CCCC(N)C3)n2Cc2ccccc2Cl)n(C)c1=O. The number of nitrogens with two attached hydrogens (primary N) is 1. The molecule has 3 aromatic rings. The predicted octanol–water partition coefficient (Wildman–Crippen LogP) is 2.09. The predicted molar refractivity (Wildman–Crippen MR) is 120 cm³/mol. The first kappa shape index (κ1) is 21.5. The molecule has 2 aromatic heterocycles. The van der Waals surface area contributed by atoms with Crippen LogP contribution in [0.25, 0.3) is 11.0 Å². The highest BCUT2D eigenvalue weighted by Gasteiger charge is 2.24. The molecule has 1 saturated heterocycles. The number of hydrogen-bond acceptors (Lipinski definition) is 4. The number of fused-ring (bicyclic) bond motifs is 1. The molecular formula is C20H25Cl2N5O2. The Morgan fingerprint density at radius 1 is 1.17 bits per heavy atom. The minimum absolute atomic E-state index is 0. The number of anilines is 1. The maximum Gasteiger partial charge on any atom is 0.331 e. The molecule has 4 rings (SSSR count). The van der Waals surface area contributed by atoms with Gasteiger partial charge in [-0.15, -0.1) is 12.4 Å². The minimum Gasteiger partial charge on any atom is -0.356 e. The summed E-state index contributed by atoms with van der Waals surface area (Å²) in [5, 5.41) is 0.646. The van der Waals surface area contributed by atoms with E-state index in [1.54, 1.807) is 7.05 Å². The molecule has 1 unspecified atom stereocenters. The molecule has 1 aromatic carbocycles. The molecule has 0 saturated carbocycles. The maximum absolute atomic E-state index is 13.0. The van der Waals surface area contributed by atoms with Crippen LogP contribution in [0.4, 0.5) is 5.82 Å². The van der Waals surface area contributed by atoms with Gasteiger partial charge in [0.1, 0.15) is 11.3 Å². The monoisotopic (exact) mass is 437 g/mol. The van der Waals surface area contributed by atoms with Crippen molar-refractivity contribution in [3.8, 4) is 0 Å². The molecule has 0 aliphatic carbocycles. The number of hydrogen-bond donors (Lipinski definition) is 1. The Hall–Kier alpha value is -2.22. The quantitative estimate of drug-likeness (QED) is 0.680. The molecule has 1 aliphatic rings. The van der Waals surface area contributed by atoms with E-state index in [9.17, 15) is 9.59 Å². The van der Waals surface area contributed by atoms with E-state index >= 15 is 0 Å². The second kappa shape index (κ2) is 8.26. The zero-order valence-electron chi connectivity index (χ0n) is 16.5. The highest BCUT2D eigenvalue weighted by Crippen LogP contribution is 2.28. The van der Waals surface area contributed by atoms with Gasteiger partial charge in [0.15, 0.2) is 0 Å². The smallest absolute Gasteiger partial charge is 0.331 e. The van der Waals surface area contributed by atoms with Crippen LogP contribution in [0.2, 0.25) is 5.02 Å². The standard InChI is InChI=1S/C20H24ClN5O2.ClH/c1-23-16-10-17(25-9-5-7-14(22)12-25)26(11-13-6-3-4-8-15(13)21)18(16)19(27)24(2)20(23)28;/h3-4,6,8,10,14H,5,7,9,11-12,22H2,1-2H3;1H. The van der Waals surface area contributed by atoms with Gasteiger partial charge in [-0.3, -0.25) is 13.9 Å². The van der Waals surface area contributed by atoms with Gasteiger partial charge in [-0.2, -0.15) is 0 Å². The van der Waals surface area contributed by atoms with Crippen LogP contribution in [0.15, 0.2) is 39.9 Å². The fourth-order valence-electron chi connectivity index (χ4n) is 4.01. The normalized spacial score (nSPS) is 16.8. The first-order chi connectivity index (χ1) is 13.4. The Bertz CT molecular complexity index is 1160. The van der Waals surface area contributed by atoms with Crippen LogP contribution in [-0.2, 0) is 20.6 Å². The van der Waals surface area contributed by atoms with E-state index in [1.807, 2.05) is 34.9 Å². The van der Waals surface area contributed by atoms with Gasteiger partial charge in [0.05, 0.1) is 12.1 Å². The second-order valence-corrected chi connectivity index (χ2v) is 7.88. The summed E-state index contributed by atoms with van der Waals surface area (Å²) >= 11 is 6.40. The number of halogens is 2. The third-order valence-electron chi connectivity index (χ3n) is 5.57. The molecular weight excluding hydrogens is 413 g/mol. The zero-order chi connectivity index (χ0) is 20.0. The van der Waals surface area contributed by atoms with Crippen LogP contribution >= 0.6 is 24.0 Å². The third-order valence-corrected chi connectivity index (χ3v) is 5.93. The highest BCUT2D eigenvalue weighted by atomic mass is 35.5. The Morgan fingerprint density at radius 2 is 1.90 bits per heavy atom. The lowest BCUT2D eigenvalue weighted by Gasteiger charge is -2.33. The Kier molecular flexibility index (Phi) is 6.12. The molecule has 0 spiro atoms. The minimum atomic E-state index is -0.339. The van der Waals surface area contributed by atoms with Crippen molar-refractivity contribution in [3.63, 3.8) is 0 Å². The van der Waals surface area contributed by atoms with Crippen LogP contribution in [-0.4, -0.2) is 32.8 Å². The van der Waals surface area contributed by atoms with Crippen LogP contribution in [0.1, 0.15) is 18.4 Å². The molecule has 7 nitrogen and oxygen atoms in total. The summed E-state index contributed by atoms with van der Waals surface area (Å²) in [6.45, 7) is 2.02. The maximum atomic E-state index is 13.0. The van der Waals surface area contributed by atoms with Crippen molar-refractivity contribution < 1.29 is 0 Å². The van der Waals surface area contributed by atoms with Crippen LogP contribution < -0.4 is 21.9 Å². The van der Waals surface area contributed by atoms with Crippen molar-refractivity contribution in [2.75, 3.05) is 18.0 Å². The van der Waals surface area contributed by atoms with E-state index in [4.69, 9.17) is 17.3 Å². The zero-order valence-corrected chi connectivity index (χ0v) is 18.0. The van der Waals surface area contributed by atoms with Crippen molar-refractivity contribution in [1.29, 1.82) is 0 Å². The van der Waals surface area contributed by atoms with E-state index < -0.39 is 0 Å². The number of aromatic nitrogens is 3. The van der Waals surface area contributed by atoms with E-state index in [1.165, 1.54) is 11.6 Å². The van der Waals surface area contributed by atoms with E-state index in [0.29, 0.717) is 29.1 Å². The molecule has 3 heterocycles. The molecule has 9 heteroatoms. The lowest BCUT2D eigenvalue weighted by molar-refractivity contribution is 0.499. The summed E-state index contributed by atoms with van der Waals surface area (Å²) in [6.07, 6.45) is 1.98. The summed E-state index contributed by atoms with van der Waals surface area (Å²) in [6, 6.07) is 9.61. The fraction of sp³-hybridized carbons (Fsp3) is 0.400. The molecule has 156 valence electrons. The van der Waals surface area contributed by atoms with Gasteiger partial charge in [0.25, 0.3) is 5.56 Å². The molecule has 0 radical (unpaired) electrons. The first-order valence-corrected chi connectivity index (χ1v) is 9.79. The largest absolute Gasteiger partial charge is 0.356 e. The molecule has 29 heavy (non-hydrogen) atoms. The Morgan fingerprint density at radius 3 is 2.59 bits per heavy atom. The third kappa shape index (κ3) is 3.70. The van der Waals surface area contributed by atoms with E-state index in [2.05, 4.69) is 4.90 Å². The summed E-state index contributed by atoms with van der Waals surface area (Å²) in [5.41, 5.74) is 7.59. The van der Waals surface area contributed by atoms with Crippen molar-refractivity contribution in [3.05, 3.63) is 61.8 Å². The van der Waals surface area contributed by atoms with Crippen molar-refractivity contribution in [2.45, 2.75) is 25.4 Å². The molecule has 1 fully saturated rings. The topological polar surface area (TPSA) is 78.2 Å². The summed E-state index contributed by atoms with van der Waals surface area (Å²) in [5.74, 6) is 0.892. The van der Waals surface area contributed by atoms with Gasteiger partial charge in [-0.1, -0.05) is 29.8 Å². The van der Waals surface area contributed by atoms with Crippen LogP contribution in [0.3, 0.4) is 0 Å². The Balaban J connectivity index is 0.00000240. The van der Waals surface area contributed by atoms with Crippen molar-refractivity contribution in [2.24, 2.45) is 19.8 Å². The lowest BCUT2D eigenvalue weighted by atomic mass is 10.1. The van der Waals surface area contributed by atoms with E-state index in [0.717, 1.165) is 35.3 Å². The molecule has 0 bridgehead atoms. The molecule has 1 aliphatic heterocycles. The Labute approximate surface area is 179 Å². The second-order valence-electron chi connectivity index (χ2n) is 7.47. The molecule has 1 atom stereocenters. The van der Waals surface area contributed by atoms with Gasteiger partial charge < -0.3 is 15.2 Å². The number of rotatable bonds is 3. The van der Waals surface area contributed by atoms with E-state index in [-0.39, 0.29) is 29.7 Å². The number of aryl methyl sites for hydroxylation is 1. The lowest BCUT2D eigenvalue weighted by Crippen LogP contribution is -2.43. The van der Waals surface area contributed by atoms with Crippen LogP contribution in [0.5, 0.6) is 0 Å². The van der Waals surface area contributed by atoms with Gasteiger partial charge >= 0.3 is 5.69 Å². The van der Waals surface area contributed by atoms with Crippen molar-refractivity contribution in [1.82, 2.24) is 13.7 Å². The summed E-state index contributed by atoms with van der Waals surface area (Å²) in [7, 11) is 3.20. The van der Waals surface area contributed by atoms with Gasteiger partial charge in [-0.05, 0) is 24.5 Å². The number of nitrogens with zero attached hydrogens (tertiary/aromatic N) is 4. The summed E-state index contributed by atoms with van der Waals surface area (Å²) in [4.78, 5) is 27.6. The molecule has 0 amide bonds. The fourth-order valence-corrected chi connectivity index (χ4v) is 4.21. The van der Waals surface area contributed by atoms with Crippen LogP contribution in [0, 0.1) is 0 Å². The number of piperidine rings is 1. The summed E-state index contributed by atoms with van der Waals surface area (Å²) < 4.78 is 4.64.